The van der Waals surface area contributed by atoms with E-state index in [4.69, 9.17) is 0 Å². The van der Waals surface area contributed by atoms with Crippen molar-refractivity contribution >= 4 is 11.8 Å². The van der Waals surface area contributed by atoms with E-state index in [-0.39, 0.29) is 12.2 Å². The summed E-state index contributed by atoms with van der Waals surface area (Å²) in [6, 6.07) is 0. The van der Waals surface area contributed by atoms with Crippen molar-refractivity contribution in [3.8, 4) is 0 Å². The molecule has 0 aromatic carbocycles. The minimum absolute atomic E-state index is 0.103. The van der Waals surface area contributed by atoms with E-state index in [0.717, 1.165) is 0 Å². The van der Waals surface area contributed by atoms with Crippen LogP contribution in [0.4, 0.5) is 0 Å². The van der Waals surface area contributed by atoms with Crippen LogP contribution in [0.1, 0.15) is 59.8 Å². The zero-order chi connectivity index (χ0) is 14.2. The van der Waals surface area contributed by atoms with Gasteiger partial charge in [0.05, 0.1) is 6.61 Å². The Morgan fingerprint density at radius 3 is 1.83 bits per heavy atom. The molecule has 0 saturated carbocycles. The van der Waals surface area contributed by atoms with Crippen LogP contribution in [0.3, 0.4) is 0 Å². The number of rotatable bonds is 9. The fourth-order valence-electron chi connectivity index (χ4n) is 1.14. The molecule has 0 fully saturated rings. The van der Waals surface area contributed by atoms with E-state index in [9.17, 15) is 9.59 Å². The van der Waals surface area contributed by atoms with E-state index in [1.165, 1.54) is 32.6 Å². The van der Waals surface area contributed by atoms with E-state index in [2.05, 4.69) is 18.6 Å². The summed E-state index contributed by atoms with van der Waals surface area (Å²) in [6.07, 6.45) is 5.67. The van der Waals surface area contributed by atoms with E-state index < -0.39 is 5.97 Å². The third-order valence-corrected chi connectivity index (χ3v) is 4.32. The molecule has 106 valence electrons. The number of Topliss-reactive ketones (excluding diaryl/α,β-unsaturated/α-hetero) is 1. The second-order valence-corrected chi connectivity index (χ2v) is 6.48. The van der Waals surface area contributed by atoms with Crippen molar-refractivity contribution < 1.29 is 33.5 Å². The van der Waals surface area contributed by atoms with Crippen LogP contribution in [-0.2, 0) is 33.5 Å². The van der Waals surface area contributed by atoms with Gasteiger partial charge in [-0.15, -0.1) is 0 Å². The number of hydrogen-bond acceptors (Lipinski definition) is 3. The zero-order valence-electron chi connectivity index (χ0n) is 12.4. The summed E-state index contributed by atoms with van der Waals surface area (Å²) in [4.78, 5) is 20.6. The van der Waals surface area contributed by atoms with Crippen LogP contribution in [0.5, 0.6) is 0 Å². The molecule has 0 aliphatic carbocycles. The summed E-state index contributed by atoms with van der Waals surface area (Å²) in [5.41, 5.74) is 0. The molecule has 0 heterocycles. The van der Waals surface area contributed by atoms with Crippen molar-refractivity contribution in [3.05, 3.63) is 0 Å². The Morgan fingerprint density at radius 2 is 1.50 bits per heavy atom. The maximum Gasteiger partial charge on any atom is 0.313 e. The molecular weight excluding hydrogens is 264 g/mol. The third-order valence-electron chi connectivity index (χ3n) is 2.11. The second kappa shape index (κ2) is 16.9. The van der Waals surface area contributed by atoms with E-state index >= 15 is 0 Å². The Labute approximate surface area is 121 Å². The number of ketones is 1. The smallest absolute Gasteiger partial charge is 0.313 e. The van der Waals surface area contributed by atoms with Gasteiger partial charge in [-0.25, -0.2) is 0 Å². The van der Waals surface area contributed by atoms with Gasteiger partial charge in [-0.1, -0.05) is 0 Å². The minimum Gasteiger partial charge on any atom is -0.466 e. The Kier molecular flexibility index (Phi) is 18.9. The molecule has 0 saturated heterocycles. The molecule has 0 radical (unpaired) electrons. The minimum atomic E-state index is -0.440. The summed E-state index contributed by atoms with van der Waals surface area (Å²) in [5, 5.41) is 0. The predicted molar refractivity (Wildman–Crippen MR) is 71.4 cm³/mol. The largest absolute Gasteiger partial charge is 0.466 e. The van der Waals surface area contributed by atoms with Gasteiger partial charge in [0.25, 0.3) is 0 Å². The van der Waals surface area contributed by atoms with Crippen molar-refractivity contribution in [2.75, 3.05) is 6.61 Å². The van der Waals surface area contributed by atoms with Gasteiger partial charge in [-0.3, -0.25) is 9.59 Å². The molecule has 0 amide bonds. The average Bonchev–Trinajstić information content (AvgIpc) is 2.29. The molecule has 0 spiro atoms. The molecule has 0 bridgehead atoms. The SMILES string of the molecule is CCC[CH2][Ti][CH2]CCC.CCOC(=O)CC(C)=O. The monoisotopic (exact) mass is 292 g/mol. The van der Waals surface area contributed by atoms with Gasteiger partial charge in [0, 0.05) is 0 Å². The van der Waals surface area contributed by atoms with Crippen molar-refractivity contribution in [1.82, 2.24) is 0 Å². The topological polar surface area (TPSA) is 43.4 Å². The van der Waals surface area contributed by atoms with Crippen LogP contribution < -0.4 is 0 Å². The van der Waals surface area contributed by atoms with Crippen LogP contribution in [0.25, 0.3) is 0 Å². The first-order valence-corrected chi connectivity index (χ1v) is 9.14. The van der Waals surface area contributed by atoms with Gasteiger partial charge in [0.15, 0.2) is 0 Å². The van der Waals surface area contributed by atoms with E-state index in [1.54, 1.807) is 16.4 Å². The van der Waals surface area contributed by atoms with Gasteiger partial charge in [-0.05, 0) is 13.8 Å². The van der Waals surface area contributed by atoms with Crippen LogP contribution in [0.15, 0.2) is 0 Å². The molecule has 0 aliphatic rings. The molecule has 0 aromatic heterocycles. The number of ether oxygens (including phenoxy) is 1. The summed E-state index contributed by atoms with van der Waals surface area (Å²) in [5.74, 6) is -0.599. The molecule has 0 aromatic rings. The first kappa shape index (κ1) is 20.2. The number of unbranched alkanes of at least 4 members (excludes halogenated alkanes) is 2. The number of carbonyl (C=O) groups is 2. The Morgan fingerprint density at radius 1 is 1.00 bits per heavy atom. The molecule has 3 nitrogen and oxygen atoms in total. The number of esters is 1. The van der Waals surface area contributed by atoms with Gasteiger partial charge in [0.2, 0.25) is 0 Å². The number of hydrogen-bond donors (Lipinski definition) is 0. The molecular formula is C14H28O3Ti. The molecule has 0 rings (SSSR count). The number of carbonyl (C=O) groups excluding carboxylic acids is 2. The van der Waals surface area contributed by atoms with E-state index in [1.807, 2.05) is 0 Å². The fraction of sp³-hybridized carbons (Fsp3) is 0.857. The van der Waals surface area contributed by atoms with Gasteiger partial charge in [0.1, 0.15) is 12.2 Å². The first-order valence-electron chi connectivity index (χ1n) is 6.94. The Hall–Kier alpha value is -0.146. The quantitative estimate of drug-likeness (QED) is 0.279. The van der Waals surface area contributed by atoms with Crippen LogP contribution >= 0.6 is 0 Å². The maximum atomic E-state index is 10.4. The summed E-state index contributed by atoms with van der Waals surface area (Å²) in [7, 11) is 0. The molecule has 0 unspecified atom stereocenters. The summed E-state index contributed by atoms with van der Waals surface area (Å²) < 4.78 is 7.65. The first-order chi connectivity index (χ1) is 8.58. The van der Waals surface area contributed by atoms with Crippen molar-refractivity contribution in [3.63, 3.8) is 0 Å². The predicted octanol–water partition coefficient (Wildman–Crippen LogP) is 4.03. The zero-order valence-corrected chi connectivity index (χ0v) is 13.9. The molecule has 4 heteroatoms. The third kappa shape index (κ3) is 21.2. The maximum absolute atomic E-state index is 10.4. The van der Waals surface area contributed by atoms with Crippen molar-refractivity contribution in [2.45, 2.75) is 69.3 Å². The normalized spacial score (nSPS) is 9.11. The van der Waals surface area contributed by atoms with Gasteiger partial charge < -0.3 is 4.74 Å². The van der Waals surface area contributed by atoms with E-state index in [0.29, 0.717) is 25.8 Å². The van der Waals surface area contributed by atoms with Crippen LogP contribution in [0.2, 0.25) is 9.45 Å². The van der Waals surface area contributed by atoms with Crippen molar-refractivity contribution in [1.29, 1.82) is 0 Å². The summed E-state index contributed by atoms with van der Waals surface area (Å²) >= 11 is 0.496. The fourth-order valence-corrected chi connectivity index (χ4v) is 3.42. The van der Waals surface area contributed by atoms with Gasteiger partial charge >= 0.3 is 74.1 Å². The molecule has 0 N–H and O–H groups in total. The molecule has 18 heavy (non-hydrogen) atoms. The molecule has 0 aliphatic heterocycles. The Balaban J connectivity index is 0. The van der Waals surface area contributed by atoms with Crippen LogP contribution in [-0.4, -0.2) is 18.4 Å². The summed E-state index contributed by atoms with van der Waals surface area (Å²) in [6.45, 7) is 7.97. The van der Waals surface area contributed by atoms with Crippen LogP contribution in [0, 0.1) is 0 Å². The van der Waals surface area contributed by atoms with Crippen molar-refractivity contribution in [2.24, 2.45) is 0 Å². The Bertz CT molecular complexity index is 199. The standard InChI is InChI=1S/C6H10O3.2C4H9.Ti/c1-3-9-6(8)4-5(2)7;2*1-3-4-2;/h3-4H2,1-2H3;2*1,3-4H2,2H3;. The average molecular weight is 292 g/mol. The van der Waals surface area contributed by atoms with Gasteiger partial charge in [-0.2, -0.15) is 0 Å². The molecule has 0 atom stereocenters. The second-order valence-electron chi connectivity index (χ2n) is 4.14.